The molecule has 10 heteroatoms. The van der Waals surface area contributed by atoms with E-state index in [1.807, 2.05) is 0 Å². The Kier molecular flexibility index (Phi) is 28.6. The highest BCUT2D eigenvalue weighted by Gasteiger charge is 2.25. The maximum Gasteiger partial charge on any atom is 0.330 e. The van der Waals surface area contributed by atoms with Gasteiger partial charge in [0.25, 0.3) is 0 Å². The average molecular weight is 1060 g/mol. The third kappa shape index (κ3) is 20.7. The number of carbonyl (C=O) groups excluding carboxylic acids is 2. The van der Waals surface area contributed by atoms with Crippen LogP contribution in [0.25, 0.3) is 4.85 Å². The molecule has 10 nitrogen and oxygen atoms in total. The molecule has 4 aromatic rings. The highest BCUT2D eigenvalue weighted by Crippen LogP contribution is 2.42. The van der Waals surface area contributed by atoms with Crippen LogP contribution in [-0.4, -0.2) is 38.4 Å². The topological polar surface area (TPSA) is 118 Å². The summed E-state index contributed by atoms with van der Waals surface area (Å²) in [5.41, 5.74) is 10.6. The number of hydrogen-bond acceptors (Lipinski definition) is 9. The SMILES string of the molecule is [C-]#[N+]Cc1cc2c(OCCCCCCC)c(c1)Cc1cc(COC(=O)C=C)cc(c1OCCCCCCC)Cc1cc(CC#N)cc(c1OCCCCCCC)Cc1cc(COC(=O)C=C)cc(c1OCCCCCCC)C2. The lowest BCUT2D eigenvalue weighted by atomic mass is 9.88. The molecule has 0 amide bonds. The maximum atomic E-state index is 12.7. The molecule has 5 rings (SSSR count). The molecule has 0 radical (unpaired) electrons. The Balaban J connectivity index is 1.88. The van der Waals surface area contributed by atoms with E-state index in [0.29, 0.717) is 52.1 Å². The molecule has 1 aliphatic rings. The van der Waals surface area contributed by atoms with Gasteiger partial charge in [-0.05, 0) is 123 Å². The molecule has 78 heavy (non-hydrogen) atoms. The molecule has 0 fully saturated rings. The van der Waals surface area contributed by atoms with Crippen molar-refractivity contribution in [2.24, 2.45) is 0 Å². The Morgan fingerprint density at radius 2 is 0.731 bits per heavy atom. The van der Waals surface area contributed by atoms with Crippen LogP contribution < -0.4 is 18.9 Å². The number of esters is 2. The molecule has 0 unspecified atom stereocenters. The second-order valence-corrected chi connectivity index (χ2v) is 21.0. The quantitative estimate of drug-likeness (QED) is 0.0167. The summed E-state index contributed by atoms with van der Waals surface area (Å²) in [4.78, 5) is 29.3. The third-order valence-electron chi connectivity index (χ3n) is 14.4. The smallest absolute Gasteiger partial charge is 0.330 e. The van der Waals surface area contributed by atoms with Gasteiger partial charge >= 0.3 is 11.9 Å². The first-order chi connectivity index (χ1) is 38.2. The van der Waals surface area contributed by atoms with Crippen LogP contribution in [0.15, 0.2) is 73.8 Å². The van der Waals surface area contributed by atoms with Crippen molar-refractivity contribution in [2.45, 2.75) is 208 Å². The molecule has 0 aromatic heterocycles. The van der Waals surface area contributed by atoms with Crippen molar-refractivity contribution in [1.82, 2.24) is 0 Å². The first-order valence-electron chi connectivity index (χ1n) is 29.6. The van der Waals surface area contributed by atoms with Crippen molar-refractivity contribution in [2.75, 3.05) is 26.4 Å². The highest BCUT2D eigenvalue weighted by atomic mass is 16.5. The predicted molar refractivity (Wildman–Crippen MR) is 314 cm³/mol. The summed E-state index contributed by atoms with van der Waals surface area (Å²) in [6, 6.07) is 19.2. The number of nitriles is 1. The Hall–Kier alpha value is -6.52. The standard InChI is InChI=1S/C68H90N2O8/c1-8-14-18-22-26-32-73-65-55-36-51(30-31-69)37-56(65)45-60-41-54(50-78-64(72)13-6)43-62(68(60)76-35-29-25-21-17-11-4)47-58-39-52(48-70-7)38-57(66(58)74-33-27-23-19-15-9-2)46-61-42-53(49-77-63(71)12-5)40-59(44-55)67(61)75-34-28-24-20-16-10-3/h12-13,36-43H,5-6,8-11,14-30,32-35,44-50H2,1-4H3. The monoisotopic (exact) mass is 1060 g/mol. The van der Waals surface area contributed by atoms with Crippen LogP contribution in [0.1, 0.15) is 223 Å². The Morgan fingerprint density at radius 3 is 0.987 bits per heavy atom. The number of unbranched alkanes of at least 4 members (excludes halogenated alkanes) is 16. The van der Waals surface area contributed by atoms with Crippen molar-refractivity contribution in [1.29, 1.82) is 5.26 Å². The molecule has 0 atom stereocenters. The van der Waals surface area contributed by atoms with Gasteiger partial charge in [-0.25, -0.2) is 16.2 Å². The van der Waals surface area contributed by atoms with Gasteiger partial charge in [-0.2, -0.15) is 5.26 Å². The zero-order valence-corrected chi connectivity index (χ0v) is 48.0. The van der Waals surface area contributed by atoms with Crippen LogP contribution in [-0.2, 0) is 70.9 Å². The lowest BCUT2D eigenvalue weighted by Crippen LogP contribution is -2.12. The Labute approximate surface area is 468 Å². The lowest BCUT2D eigenvalue weighted by Gasteiger charge is -2.25. The van der Waals surface area contributed by atoms with E-state index in [9.17, 15) is 14.9 Å². The van der Waals surface area contributed by atoms with Crippen molar-refractivity contribution in [3.8, 4) is 29.1 Å². The molecular formula is C68H90N2O8. The normalized spacial score (nSPS) is 11.7. The molecule has 0 saturated carbocycles. The van der Waals surface area contributed by atoms with E-state index in [1.165, 1.54) is 37.8 Å². The molecule has 0 saturated heterocycles. The van der Waals surface area contributed by atoms with Crippen LogP contribution in [0.3, 0.4) is 0 Å². The van der Waals surface area contributed by atoms with E-state index >= 15 is 0 Å². The molecule has 0 aliphatic heterocycles. The van der Waals surface area contributed by atoms with E-state index in [-0.39, 0.29) is 26.2 Å². The minimum Gasteiger partial charge on any atom is -0.493 e. The van der Waals surface area contributed by atoms with Gasteiger partial charge in [0.15, 0.2) is 0 Å². The van der Waals surface area contributed by atoms with Crippen LogP contribution in [0.5, 0.6) is 23.0 Å². The first-order valence-corrected chi connectivity index (χ1v) is 29.6. The molecule has 8 bridgehead atoms. The third-order valence-corrected chi connectivity index (χ3v) is 14.4. The van der Waals surface area contributed by atoms with Gasteiger partial charge in [-0.3, -0.25) is 0 Å². The van der Waals surface area contributed by atoms with Gasteiger partial charge in [0.2, 0.25) is 6.54 Å². The highest BCUT2D eigenvalue weighted by molar-refractivity contribution is 5.81. The zero-order valence-electron chi connectivity index (χ0n) is 48.0. The summed E-state index contributed by atoms with van der Waals surface area (Å²) in [5.74, 6) is 2.01. The first kappa shape index (κ1) is 62.3. The number of benzene rings is 4. The molecular weight excluding hydrogens is 973 g/mol. The molecule has 4 aromatic carbocycles. The number of ether oxygens (including phenoxy) is 6. The number of hydrogen-bond donors (Lipinski definition) is 0. The largest absolute Gasteiger partial charge is 0.493 e. The number of fused-ring (bicyclic) bond motifs is 8. The number of rotatable bonds is 36. The van der Waals surface area contributed by atoms with Crippen LogP contribution >= 0.6 is 0 Å². The van der Waals surface area contributed by atoms with Crippen molar-refractivity contribution in [3.63, 3.8) is 0 Å². The van der Waals surface area contributed by atoms with E-state index in [1.54, 1.807) is 0 Å². The van der Waals surface area contributed by atoms with Gasteiger partial charge in [0.05, 0.1) is 38.9 Å². The maximum absolute atomic E-state index is 12.7. The van der Waals surface area contributed by atoms with Gasteiger partial charge < -0.3 is 33.3 Å². The molecule has 0 N–H and O–H groups in total. The molecule has 420 valence electrons. The fraction of sp³-hybridized carbons (Fsp3) is 0.529. The van der Waals surface area contributed by atoms with Crippen molar-refractivity contribution >= 4 is 11.9 Å². The number of carbonyl (C=O) groups is 2. The summed E-state index contributed by atoms with van der Waals surface area (Å²) < 4.78 is 39.8. The van der Waals surface area contributed by atoms with Gasteiger partial charge in [-0.1, -0.05) is 156 Å². The van der Waals surface area contributed by atoms with E-state index < -0.39 is 11.9 Å². The second kappa shape index (κ2) is 35.8. The van der Waals surface area contributed by atoms with E-state index in [0.717, 1.165) is 192 Å². The fourth-order valence-corrected chi connectivity index (χ4v) is 10.4. The average Bonchev–Trinajstić information content (AvgIpc) is 3.43. The minimum atomic E-state index is -0.514. The summed E-state index contributed by atoms with van der Waals surface area (Å²) in [6.45, 7) is 26.6. The van der Waals surface area contributed by atoms with Gasteiger partial charge in [-0.15, -0.1) is 0 Å². The minimum absolute atomic E-state index is 0.0214. The van der Waals surface area contributed by atoms with Gasteiger partial charge in [0.1, 0.15) is 36.2 Å². The zero-order chi connectivity index (χ0) is 55.7. The van der Waals surface area contributed by atoms with Crippen LogP contribution in [0, 0.1) is 17.9 Å². The summed E-state index contributed by atoms with van der Waals surface area (Å²) in [7, 11) is 0. The van der Waals surface area contributed by atoms with E-state index in [4.69, 9.17) is 35.0 Å². The van der Waals surface area contributed by atoms with Crippen molar-refractivity contribution in [3.05, 3.63) is 152 Å². The van der Waals surface area contributed by atoms with Crippen LogP contribution in [0.2, 0.25) is 0 Å². The Bertz CT molecular complexity index is 2340. The Morgan fingerprint density at radius 1 is 0.462 bits per heavy atom. The predicted octanol–water partition coefficient (Wildman–Crippen LogP) is 16.7. The lowest BCUT2D eigenvalue weighted by molar-refractivity contribution is -0.139. The van der Waals surface area contributed by atoms with Gasteiger partial charge in [0, 0.05) is 43.4 Å². The summed E-state index contributed by atoms with van der Waals surface area (Å²) >= 11 is 0. The summed E-state index contributed by atoms with van der Waals surface area (Å²) in [6.07, 6.45) is 25.6. The summed E-state index contributed by atoms with van der Waals surface area (Å²) in [5, 5.41) is 10.3. The fourth-order valence-electron chi connectivity index (χ4n) is 10.4. The van der Waals surface area contributed by atoms with E-state index in [2.05, 4.69) is 100 Å². The van der Waals surface area contributed by atoms with Crippen LogP contribution in [0.4, 0.5) is 0 Å². The second-order valence-electron chi connectivity index (χ2n) is 21.0. The molecule has 0 spiro atoms. The van der Waals surface area contributed by atoms with Crippen molar-refractivity contribution < 1.29 is 38.0 Å². The molecule has 1 aliphatic carbocycles. The molecule has 0 heterocycles. The number of nitrogens with zero attached hydrogens (tertiary/aromatic N) is 2.